The first-order chi connectivity index (χ1) is 13.5. The Hall–Kier alpha value is -2.99. The van der Waals surface area contributed by atoms with E-state index in [9.17, 15) is 4.79 Å². The van der Waals surface area contributed by atoms with Crippen LogP contribution < -0.4 is 0 Å². The second-order valence-corrected chi connectivity index (χ2v) is 7.93. The number of hydrogen-bond acceptors (Lipinski definition) is 5. The second kappa shape index (κ2) is 7.20. The van der Waals surface area contributed by atoms with Crippen molar-refractivity contribution in [2.75, 3.05) is 7.05 Å². The number of furan rings is 1. The number of hydrogen-bond donors (Lipinski definition) is 0. The van der Waals surface area contributed by atoms with Gasteiger partial charge in [-0.3, -0.25) is 4.79 Å². The van der Waals surface area contributed by atoms with Gasteiger partial charge in [0.1, 0.15) is 4.83 Å². The van der Waals surface area contributed by atoms with Crippen LogP contribution in [0.3, 0.4) is 0 Å². The number of nitrogens with zero attached hydrogens (tertiary/aromatic N) is 3. The van der Waals surface area contributed by atoms with Gasteiger partial charge in [0.15, 0.2) is 11.6 Å². The predicted molar refractivity (Wildman–Crippen MR) is 112 cm³/mol. The number of thiophene rings is 1. The van der Waals surface area contributed by atoms with Gasteiger partial charge in [0.05, 0.1) is 16.8 Å². The highest BCUT2D eigenvalue weighted by atomic mass is 32.1. The summed E-state index contributed by atoms with van der Waals surface area (Å²) in [5.74, 6) is 1.17. The minimum Gasteiger partial charge on any atom is -0.461 e. The third-order valence-electron chi connectivity index (χ3n) is 4.92. The van der Waals surface area contributed by atoms with Crippen LogP contribution in [-0.2, 0) is 6.54 Å². The SMILES string of the molecule is Cc1ccccc1CN(C)C(=O)c1sc2nc(-c3ccco3)nc(C)c2c1C. The molecule has 4 rings (SSSR count). The quantitative estimate of drug-likeness (QED) is 0.483. The molecule has 0 N–H and O–H groups in total. The molecule has 6 heteroatoms. The van der Waals surface area contributed by atoms with Crippen LogP contribution >= 0.6 is 11.3 Å². The number of rotatable bonds is 4. The average molecular weight is 391 g/mol. The molecule has 1 amide bonds. The van der Waals surface area contributed by atoms with Crippen LogP contribution in [-0.4, -0.2) is 27.8 Å². The van der Waals surface area contributed by atoms with Gasteiger partial charge in [-0.15, -0.1) is 11.3 Å². The van der Waals surface area contributed by atoms with E-state index in [-0.39, 0.29) is 5.91 Å². The van der Waals surface area contributed by atoms with Crippen LogP contribution in [0.4, 0.5) is 0 Å². The van der Waals surface area contributed by atoms with Gasteiger partial charge in [0, 0.05) is 19.0 Å². The maximum atomic E-state index is 13.1. The first-order valence-electron chi connectivity index (χ1n) is 9.07. The van der Waals surface area contributed by atoms with E-state index < -0.39 is 0 Å². The number of carbonyl (C=O) groups excluding carboxylic acids is 1. The van der Waals surface area contributed by atoms with Crippen LogP contribution in [0.25, 0.3) is 21.8 Å². The van der Waals surface area contributed by atoms with Gasteiger partial charge in [0.25, 0.3) is 5.91 Å². The van der Waals surface area contributed by atoms with Crippen LogP contribution in [0.1, 0.15) is 32.1 Å². The number of aromatic nitrogens is 2. The molecule has 142 valence electrons. The summed E-state index contributed by atoms with van der Waals surface area (Å²) in [6.45, 7) is 6.55. The lowest BCUT2D eigenvalue weighted by atomic mass is 10.1. The van der Waals surface area contributed by atoms with Crippen LogP contribution in [0.15, 0.2) is 47.1 Å². The Morgan fingerprint density at radius 1 is 1.11 bits per heavy atom. The molecule has 0 unspecified atom stereocenters. The van der Waals surface area contributed by atoms with E-state index in [0.29, 0.717) is 23.0 Å². The first kappa shape index (κ1) is 18.4. The number of fused-ring (bicyclic) bond motifs is 1. The molecule has 0 bridgehead atoms. The summed E-state index contributed by atoms with van der Waals surface area (Å²) in [6, 6.07) is 11.8. The zero-order chi connectivity index (χ0) is 19.8. The van der Waals surface area contributed by atoms with Crippen LogP contribution in [0, 0.1) is 20.8 Å². The van der Waals surface area contributed by atoms with Crippen molar-refractivity contribution in [2.45, 2.75) is 27.3 Å². The lowest BCUT2D eigenvalue weighted by molar-refractivity contribution is 0.0789. The third kappa shape index (κ3) is 3.20. The standard InChI is InChI=1S/C22H21N3O2S/c1-13-8-5-6-9-16(13)12-25(4)22(26)19-14(2)18-15(3)23-20(24-21(18)28-19)17-10-7-11-27-17/h5-11H,12H2,1-4H3. The molecule has 0 aliphatic carbocycles. The molecule has 0 fully saturated rings. The topological polar surface area (TPSA) is 59.2 Å². The van der Waals surface area contributed by atoms with Crippen molar-refractivity contribution < 1.29 is 9.21 Å². The smallest absolute Gasteiger partial charge is 0.264 e. The summed E-state index contributed by atoms with van der Waals surface area (Å²) in [4.78, 5) is 25.6. The largest absolute Gasteiger partial charge is 0.461 e. The van der Waals surface area contributed by atoms with Crippen molar-refractivity contribution >= 4 is 27.5 Å². The molecule has 3 heterocycles. The van der Waals surface area contributed by atoms with Gasteiger partial charge in [-0.1, -0.05) is 24.3 Å². The van der Waals surface area contributed by atoms with E-state index in [1.165, 1.54) is 16.9 Å². The molecule has 3 aromatic heterocycles. The number of aryl methyl sites for hydroxylation is 3. The molecule has 0 saturated heterocycles. The Labute approximate surface area is 167 Å². The van der Waals surface area contributed by atoms with Crippen LogP contribution in [0.2, 0.25) is 0 Å². The van der Waals surface area contributed by atoms with E-state index in [4.69, 9.17) is 4.42 Å². The molecule has 4 aromatic rings. The molecule has 1 aromatic carbocycles. The molecule has 0 saturated carbocycles. The fourth-order valence-electron chi connectivity index (χ4n) is 3.35. The Morgan fingerprint density at radius 2 is 1.89 bits per heavy atom. The lowest BCUT2D eigenvalue weighted by Crippen LogP contribution is -2.26. The van der Waals surface area contributed by atoms with Gasteiger partial charge in [-0.25, -0.2) is 9.97 Å². The lowest BCUT2D eigenvalue weighted by Gasteiger charge is -2.18. The predicted octanol–water partition coefficient (Wildman–Crippen LogP) is 5.15. The second-order valence-electron chi connectivity index (χ2n) is 6.93. The Bertz CT molecular complexity index is 1160. The van der Waals surface area contributed by atoms with E-state index in [0.717, 1.165) is 27.0 Å². The van der Waals surface area contributed by atoms with E-state index in [1.807, 2.05) is 45.2 Å². The number of benzene rings is 1. The zero-order valence-corrected chi connectivity index (χ0v) is 17.1. The third-order valence-corrected chi connectivity index (χ3v) is 6.10. The maximum absolute atomic E-state index is 13.1. The van der Waals surface area contributed by atoms with Crippen molar-refractivity contribution in [3.8, 4) is 11.6 Å². The van der Waals surface area contributed by atoms with E-state index in [1.54, 1.807) is 11.2 Å². The maximum Gasteiger partial charge on any atom is 0.264 e. The summed E-state index contributed by atoms with van der Waals surface area (Å²) in [5.41, 5.74) is 4.11. The highest BCUT2D eigenvalue weighted by molar-refractivity contribution is 7.20. The number of carbonyl (C=O) groups is 1. The summed E-state index contributed by atoms with van der Waals surface area (Å²) >= 11 is 1.42. The van der Waals surface area contributed by atoms with Gasteiger partial charge >= 0.3 is 0 Å². The molecule has 28 heavy (non-hydrogen) atoms. The van der Waals surface area contributed by atoms with Gasteiger partial charge in [-0.05, 0) is 49.6 Å². The molecular weight excluding hydrogens is 370 g/mol. The van der Waals surface area contributed by atoms with E-state index >= 15 is 0 Å². The zero-order valence-electron chi connectivity index (χ0n) is 16.3. The average Bonchev–Trinajstić information content (AvgIpc) is 3.31. The normalized spacial score (nSPS) is 11.1. The van der Waals surface area contributed by atoms with Crippen molar-refractivity contribution in [1.82, 2.24) is 14.9 Å². The van der Waals surface area contributed by atoms with Crippen molar-refractivity contribution in [2.24, 2.45) is 0 Å². The monoisotopic (exact) mass is 391 g/mol. The molecule has 0 aliphatic heterocycles. The molecule has 0 aliphatic rings. The molecular formula is C22H21N3O2S. The molecule has 5 nitrogen and oxygen atoms in total. The molecule has 0 spiro atoms. The minimum absolute atomic E-state index is 0.00250. The Kier molecular flexibility index (Phi) is 4.73. The molecule has 0 atom stereocenters. The van der Waals surface area contributed by atoms with Gasteiger partial charge in [-0.2, -0.15) is 0 Å². The summed E-state index contributed by atoms with van der Waals surface area (Å²) in [7, 11) is 1.84. The Morgan fingerprint density at radius 3 is 2.61 bits per heavy atom. The highest BCUT2D eigenvalue weighted by Gasteiger charge is 2.22. The first-order valence-corrected chi connectivity index (χ1v) is 9.89. The minimum atomic E-state index is 0.00250. The Balaban J connectivity index is 1.70. The van der Waals surface area contributed by atoms with Crippen LogP contribution in [0.5, 0.6) is 0 Å². The highest BCUT2D eigenvalue weighted by Crippen LogP contribution is 2.33. The van der Waals surface area contributed by atoms with Crippen molar-refractivity contribution in [1.29, 1.82) is 0 Å². The van der Waals surface area contributed by atoms with Gasteiger partial charge in [0.2, 0.25) is 0 Å². The summed E-state index contributed by atoms with van der Waals surface area (Å²) < 4.78 is 5.43. The fraction of sp³-hybridized carbons (Fsp3) is 0.227. The van der Waals surface area contributed by atoms with Crippen molar-refractivity contribution in [3.63, 3.8) is 0 Å². The van der Waals surface area contributed by atoms with Crippen molar-refractivity contribution in [3.05, 3.63) is 69.9 Å². The van der Waals surface area contributed by atoms with E-state index in [2.05, 4.69) is 29.0 Å². The summed E-state index contributed by atoms with van der Waals surface area (Å²) in [6.07, 6.45) is 1.60. The molecule has 0 radical (unpaired) electrons. The van der Waals surface area contributed by atoms with Gasteiger partial charge < -0.3 is 9.32 Å². The summed E-state index contributed by atoms with van der Waals surface area (Å²) in [5, 5.41) is 0.952. The fourth-order valence-corrected chi connectivity index (χ4v) is 4.57. The number of amides is 1.